The van der Waals surface area contributed by atoms with E-state index in [0.717, 1.165) is 10.8 Å². The minimum Gasteiger partial charge on any atom is -0.387 e. The Bertz CT molecular complexity index is 1130. The first-order valence-electron chi connectivity index (χ1n) is 7.70. The highest BCUT2D eigenvalue weighted by atomic mass is 32.1. The van der Waals surface area contributed by atoms with Gasteiger partial charge in [-0.25, -0.2) is 23.1 Å². The molecule has 18 nitrogen and oxygen atoms in total. The average Bonchev–Trinajstić information content (AvgIpc) is 2.83. The van der Waals surface area contributed by atoms with Crippen molar-refractivity contribution in [3.63, 3.8) is 0 Å². The van der Waals surface area contributed by atoms with E-state index in [4.69, 9.17) is 42.9 Å². The molecule has 0 radical (unpaired) electrons. The number of phosphoric ester groups is 1. The molecule has 1 fully saturated rings. The quantitative estimate of drug-likeness (QED) is 0.0826. The molecule has 1 aliphatic rings. The van der Waals surface area contributed by atoms with Crippen LogP contribution in [0, 0.1) is 4.77 Å². The largest absolute Gasteiger partial charge is 0.490 e. The van der Waals surface area contributed by atoms with Crippen LogP contribution in [-0.2, 0) is 31.6 Å². The zero-order valence-corrected chi connectivity index (χ0v) is 18.6. The molecular formula is C9H14FN6O12P3S. The zero-order valence-electron chi connectivity index (χ0n) is 15.1. The van der Waals surface area contributed by atoms with Crippen LogP contribution in [0.5, 0.6) is 0 Å². The Labute approximate surface area is 181 Å². The van der Waals surface area contributed by atoms with Gasteiger partial charge in [-0.05, 0) is 23.8 Å². The van der Waals surface area contributed by atoms with E-state index in [1.165, 1.54) is 6.07 Å². The number of nitrogens with zero attached hydrogens (tertiary/aromatic N) is 5. The highest BCUT2D eigenvalue weighted by Crippen LogP contribution is 2.66. The Morgan fingerprint density at radius 1 is 1.34 bits per heavy atom. The van der Waals surface area contributed by atoms with Crippen LogP contribution in [0.1, 0.15) is 6.23 Å². The maximum Gasteiger partial charge on any atom is 0.490 e. The SMILES string of the molecule is [N-]=[N+]=N[C@]1(COP(=O)(O)OP(=O)(O)OP(=O)(O)O)O[C@@H](n2ccc(N)nc2=S)[C@@H](F)C1O. The van der Waals surface area contributed by atoms with Crippen LogP contribution in [0.3, 0.4) is 0 Å². The summed E-state index contributed by atoms with van der Waals surface area (Å²) in [6.07, 6.45) is -5.37. The molecule has 3 unspecified atom stereocenters. The molecule has 0 spiro atoms. The van der Waals surface area contributed by atoms with E-state index >= 15 is 0 Å². The number of ether oxygens (including phenoxy) is 1. The summed E-state index contributed by atoms with van der Waals surface area (Å²) in [5, 5.41) is 13.3. The fourth-order valence-corrected chi connectivity index (χ4v) is 5.68. The average molecular weight is 542 g/mol. The fourth-order valence-electron chi connectivity index (χ4n) is 2.36. The molecule has 23 heteroatoms. The lowest BCUT2D eigenvalue weighted by Crippen LogP contribution is -2.44. The van der Waals surface area contributed by atoms with Gasteiger partial charge >= 0.3 is 23.5 Å². The van der Waals surface area contributed by atoms with Gasteiger partial charge in [0.05, 0.1) is 6.61 Å². The number of aromatic nitrogens is 2. The number of aliphatic hydroxyl groups is 1. The molecule has 0 amide bonds. The van der Waals surface area contributed by atoms with Crippen molar-refractivity contribution in [3.8, 4) is 0 Å². The number of halogens is 1. The van der Waals surface area contributed by atoms with Crippen LogP contribution in [0.15, 0.2) is 17.4 Å². The maximum atomic E-state index is 14.7. The van der Waals surface area contributed by atoms with Crippen LogP contribution >= 0.6 is 35.7 Å². The van der Waals surface area contributed by atoms with Gasteiger partial charge in [0.2, 0.25) is 10.5 Å². The first-order chi connectivity index (χ1) is 14.5. The first kappa shape index (κ1) is 26.9. The van der Waals surface area contributed by atoms with Gasteiger partial charge in [0.25, 0.3) is 0 Å². The topological polar surface area (TPSA) is 282 Å². The fraction of sp³-hybridized carbons (Fsp3) is 0.556. The molecule has 1 aromatic heterocycles. The van der Waals surface area contributed by atoms with Crippen molar-refractivity contribution in [2.24, 2.45) is 5.11 Å². The number of phosphoric acid groups is 3. The molecule has 0 bridgehead atoms. The standard InChI is InChI=1S/C9H14FN6O12P3S/c10-5-6(17)9(14-15-12,26-7(5)16-2-1-4(11)13-8(16)32)3-25-30(21,22)28-31(23,24)27-29(18,19)20/h1-2,5-7,17H,3H2,(H,21,22)(H,23,24)(H2,11,13,32)(H2,18,19,20)/t5-,6?,7+,9+/m0/s1. The number of anilines is 1. The Hall–Kier alpha value is -1.33. The maximum absolute atomic E-state index is 14.7. The predicted octanol–water partition coefficient (Wildman–Crippen LogP) is 0.772. The van der Waals surface area contributed by atoms with E-state index in [2.05, 4.69) is 28.2 Å². The van der Waals surface area contributed by atoms with Crippen molar-refractivity contribution < 1.29 is 60.6 Å². The lowest BCUT2D eigenvalue weighted by atomic mass is 10.1. The van der Waals surface area contributed by atoms with Gasteiger partial charge in [-0.2, -0.15) is 8.62 Å². The van der Waals surface area contributed by atoms with Crippen molar-refractivity contribution >= 4 is 41.5 Å². The van der Waals surface area contributed by atoms with Crippen LogP contribution in [0.4, 0.5) is 10.2 Å². The molecule has 2 rings (SSSR count). The van der Waals surface area contributed by atoms with Crippen LogP contribution < -0.4 is 5.73 Å². The zero-order chi connectivity index (χ0) is 24.5. The van der Waals surface area contributed by atoms with Gasteiger partial charge in [-0.1, -0.05) is 5.11 Å². The van der Waals surface area contributed by atoms with E-state index in [1.54, 1.807) is 0 Å². The molecule has 180 valence electrons. The van der Waals surface area contributed by atoms with E-state index < -0.39 is 54.3 Å². The van der Waals surface area contributed by atoms with Crippen LogP contribution in [-0.4, -0.2) is 58.8 Å². The molecule has 0 saturated carbocycles. The van der Waals surface area contributed by atoms with Crippen molar-refractivity contribution in [2.45, 2.75) is 24.2 Å². The van der Waals surface area contributed by atoms with E-state index in [9.17, 15) is 28.1 Å². The van der Waals surface area contributed by atoms with Crippen molar-refractivity contribution in [2.75, 3.05) is 12.3 Å². The number of rotatable bonds is 9. The summed E-state index contributed by atoms with van der Waals surface area (Å²) in [7, 11) is -17.2. The number of hydrogen-bond donors (Lipinski definition) is 6. The summed E-state index contributed by atoms with van der Waals surface area (Å²) >= 11 is 4.90. The molecule has 7 N–H and O–H groups in total. The van der Waals surface area contributed by atoms with Gasteiger partial charge in [0.1, 0.15) is 11.9 Å². The van der Waals surface area contributed by atoms with Gasteiger partial charge in [-0.3, -0.25) is 9.09 Å². The molecule has 0 aliphatic carbocycles. The third-order valence-electron chi connectivity index (χ3n) is 3.55. The lowest BCUT2D eigenvalue weighted by Gasteiger charge is -2.27. The predicted molar refractivity (Wildman–Crippen MR) is 100 cm³/mol. The Morgan fingerprint density at radius 2 is 1.97 bits per heavy atom. The molecule has 1 aromatic rings. The summed E-state index contributed by atoms with van der Waals surface area (Å²) in [5.74, 6) is -0.0332. The lowest BCUT2D eigenvalue weighted by molar-refractivity contribution is -0.122. The van der Waals surface area contributed by atoms with Gasteiger partial charge in [0.15, 0.2) is 12.4 Å². The highest BCUT2D eigenvalue weighted by molar-refractivity contribution is 7.71. The number of aliphatic hydroxyl groups excluding tert-OH is 1. The van der Waals surface area contributed by atoms with Gasteiger partial charge in [0, 0.05) is 11.1 Å². The second-order valence-electron chi connectivity index (χ2n) is 5.84. The minimum atomic E-state index is -5.85. The normalized spacial score (nSPS) is 29.6. The van der Waals surface area contributed by atoms with E-state index in [1.807, 2.05) is 0 Å². The number of azide groups is 1. The molecule has 32 heavy (non-hydrogen) atoms. The van der Waals surface area contributed by atoms with E-state index in [-0.39, 0.29) is 10.6 Å². The first-order valence-corrected chi connectivity index (χ1v) is 12.6. The van der Waals surface area contributed by atoms with E-state index in [0.29, 0.717) is 0 Å². The molecule has 1 saturated heterocycles. The summed E-state index contributed by atoms with van der Waals surface area (Å²) in [5.41, 5.74) is 11.5. The van der Waals surface area contributed by atoms with Crippen molar-refractivity contribution in [3.05, 3.63) is 27.5 Å². The Balaban J connectivity index is 2.28. The molecule has 0 aromatic carbocycles. The van der Waals surface area contributed by atoms with Crippen LogP contribution in [0.25, 0.3) is 10.4 Å². The number of nitrogen functional groups attached to an aromatic ring is 1. The number of hydrogen-bond acceptors (Lipinski definition) is 12. The summed E-state index contributed by atoms with van der Waals surface area (Å²) < 4.78 is 65.7. The van der Waals surface area contributed by atoms with Gasteiger partial charge in [-0.15, -0.1) is 0 Å². The second kappa shape index (κ2) is 9.50. The van der Waals surface area contributed by atoms with Gasteiger partial charge < -0.3 is 35.2 Å². The third kappa shape index (κ3) is 6.60. The highest BCUT2D eigenvalue weighted by Gasteiger charge is 2.57. The Morgan fingerprint density at radius 3 is 2.50 bits per heavy atom. The van der Waals surface area contributed by atoms with Crippen LogP contribution in [0.2, 0.25) is 0 Å². The summed E-state index contributed by atoms with van der Waals surface area (Å²) in [6, 6.07) is 1.19. The number of alkyl halides is 1. The summed E-state index contributed by atoms with van der Waals surface area (Å²) in [6.45, 7) is -1.45. The molecule has 6 atom stereocenters. The second-order valence-corrected chi connectivity index (χ2v) is 10.6. The molecule has 2 heterocycles. The summed E-state index contributed by atoms with van der Waals surface area (Å²) in [4.78, 5) is 41.7. The number of nitrogens with two attached hydrogens (primary N) is 1. The monoisotopic (exact) mass is 542 g/mol. The third-order valence-corrected chi connectivity index (χ3v) is 7.64. The Kier molecular flexibility index (Phi) is 7.99. The smallest absolute Gasteiger partial charge is 0.387 e. The molecular weight excluding hydrogens is 528 g/mol. The van der Waals surface area contributed by atoms with Crippen molar-refractivity contribution in [1.82, 2.24) is 9.55 Å². The molecule has 1 aliphatic heterocycles. The minimum absolute atomic E-state index is 0.0332. The van der Waals surface area contributed by atoms with Crippen molar-refractivity contribution in [1.29, 1.82) is 0 Å².